The Hall–Kier alpha value is -3.90. The standard InChI is InChI=1S/C25H31N5O6S/c26-17(13-21(27)31)22(32)30-20(14-37)24(34)28-18(11-15-7-3-1-4-8-15)23(33)29-19(25(35)36)12-16-9-5-2-6-10-16/h1-10,17-20,37H,11-14,26H2,(H2,27,31)(H,28,34)(H,29,33)(H,30,32)(H,35,36). The third kappa shape index (κ3) is 9.94. The predicted molar refractivity (Wildman–Crippen MR) is 139 cm³/mol. The zero-order chi connectivity index (χ0) is 27.4. The SMILES string of the molecule is NC(=O)CC(N)C(=O)NC(CS)C(=O)NC(Cc1ccccc1)C(=O)NC(Cc1ccccc1)C(=O)O. The lowest BCUT2D eigenvalue weighted by molar-refractivity contribution is -0.142. The zero-order valence-corrected chi connectivity index (χ0v) is 20.9. The van der Waals surface area contributed by atoms with Crippen LogP contribution in [0.1, 0.15) is 17.5 Å². The average Bonchev–Trinajstić information content (AvgIpc) is 2.86. The summed E-state index contributed by atoms with van der Waals surface area (Å²) in [4.78, 5) is 61.3. The highest BCUT2D eigenvalue weighted by Gasteiger charge is 2.30. The molecule has 2 aromatic carbocycles. The van der Waals surface area contributed by atoms with Gasteiger partial charge in [-0.3, -0.25) is 19.2 Å². The molecule has 2 aromatic rings. The Morgan fingerprint density at radius 1 is 0.730 bits per heavy atom. The van der Waals surface area contributed by atoms with Gasteiger partial charge >= 0.3 is 5.97 Å². The number of primary amides is 1. The molecule has 0 aliphatic carbocycles. The summed E-state index contributed by atoms with van der Waals surface area (Å²) in [5, 5.41) is 17.1. The Morgan fingerprint density at radius 2 is 1.16 bits per heavy atom. The molecule has 4 amide bonds. The van der Waals surface area contributed by atoms with E-state index in [2.05, 4.69) is 28.6 Å². The van der Waals surface area contributed by atoms with Crippen LogP contribution in [0.5, 0.6) is 0 Å². The molecular weight excluding hydrogens is 498 g/mol. The molecule has 11 nitrogen and oxygen atoms in total. The number of carboxylic acids is 1. The lowest BCUT2D eigenvalue weighted by atomic mass is 10.0. The fourth-order valence-corrected chi connectivity index (χ4v) is 3.69. The second kappa shape index (κ2) is 14.6. The maximum Gasteiger partial charge on any atom is 0.326 e. The van der Waals surface area contributed by atoms with Crippen molar-refractivity contribution in [2.24, 2.45) is 11.5 Å². The molecular formula is C25H31N5O6S. The van der Waals surface area contributed by atoms with Gasteiger partial charge in [-0.05, 0) is 11.1 Å². The van der Waals surface area contributed by atoms with Crippen molar-refractivity contribution in [2.75, 3.05) is 5.75 Å². The van der Waals surface area contributed by atoms with Crippen LogP contribution in [0, 0.1) is 0 Å². The molecule has 12 heteroatoms. The van der Waals surface area contributed by atoms with E-state index in [-0.39, 0.29) is 18.6 Å². The number of nitrogens with one attached hydrogen (secondary N) is 3. The first-order chi connectivity index (χ1) is 17.6. The molecule has 0 aliphatic heterocycles. The number of benzene rings is 2. The lowest BCUT2D eigenvalue weighted by Gasteiger charge is -2.24. The predicted octanol–water partition coefficient (Wildman–Crippen LogP) is -0.857. The smallest absolute Gasteiger partial charge is 0.326 e. The largest absolute Gasteiger partial charge is 0.480 e. The molecule has 37 heavy (non-hydrogen) atoms. The van der Waals surface area contributed by atoms with E-state index < -0.39 is 60.2 Å². The highest BCUT2D eigenvalue weighted by molar-refractivity contribution is 7.80. The molecule has 8 N–H and O–H groups in total. The Balaban J connectivity index is 2.17. The second-order valence-electron chi connectivity index (χ2n) is 8.36. The fourth-order valence-electron chi connectivity index (χ4n) is 3.44. The van der Waals surface area contributed by atoms with E-state index in [1.807, 2.05) is 0 Å². The molecule has 4 unspecified atom stereocenters. The van der Waals surface area contributed by atoms with Gasteiger partial charge in [0.05, 0.1) is 12.5 Å². The van der Waals surface area contributed by atoms with E-state index in [1.165, 1.54) is 0 Å². The molecule has 0 saturated heterocycles. The Kier molecular flexibility index (Phi) is 11.6. The number of rotatable bonds is 14. The summed E-state index contributed by atoms with van der Waals surface area (Å²) in [6.07, 6.45) is -0.310. The van der Waals surface area contributed by atoms with Gasteiger partial charge in [-0.2, -0.15) is 12.6 Å². The van der Waals surface area contributed by atoms with Gasteiger partial charge in [0.25, 0.3) is 0 Å². The number of aliphatic carboxylic acids is 1. The highest BCUT2D eigenvalue weighted by Crippen LogP contribution is 2.08. The van der Waals surface area contributed by atoms with Crippen molar-refractivity contribution < 1.29 is 29.1 Å². The summed E-state index contributed by atoms with van der Waals surface area (Å²) in [5.74, 6) is -4.38. The molecule has 4 atom stereocenters. The first-order valence-electron chi connectivity index (χ1n) is 11.5. The third-order valence-electron chi connectivity index (χ3n) is 5.39. The van der Waals surface area contributed by atoms with Crippen LogP contribution in [0.15, 0.2) is 60.7 Å². The summed E-state index contributed by atoms with van der Waals surface area (Å²) in [7, 11) is 0. The topological polar surface area (TPSA) is 194 Å². The molecule has 0 saturated carbocycles. The zero-order valence-electron chi connectivity index (χ0n) is 20.0. The number of nitrogens with two attached hydrogens (primary N) is 2. The summed E-state index contributed by atoms with van der Waals surface area (Å²) < 4.78 is 0. The highest BCUT2D eigenvalue weighted by atomic mass is 32.1. The number of hydrogen-bond acceptors (Lipinski definition) is 7. The van der Waals surface area contributed by atoms with Gasteiger partial charge in [-0.15, -0.1) is 0 Å². The van der Waals surface area contributed by atoms with Crippen molar-refractivity contribution in [3.63, 3.8) is 0 Å². The van der Waals surface area contributed by atoms with Crippen LogP contribution in [0.4, 0.5) is 0 Å². The Bertz CT molecular complexity index is 1090. The van der Waals surface area contributed by atoms with Crippen molar-refractivity contribution in [1.82, 2.24) is 16.0 Å². The maximum absolute atomic E-state index is 13.2. The minimum absolute atomic E-state index is 0.0426. The molecule has 2 rings (SSSR count). The van der Waals surface area contributed by atoms with Gasteiger partial charge in [0.15, 0.2) is 0 Å². The molecule has 0 aliphatic rings. The Labute approximate surface area is 219 Å². The summed E-state index contributed by atoms with van der Waals surface area (Å²) in [6, 6.07) is 12.8. The molecule has 0 bridgehead atoms. The second-order valence-corrected chi connectivity index (χ2v) is 8.73. The molecule has 198 valence electrons. The van der Waals surface area contributed by atoms with Gasteiger partial charge in [0, 0.05) is 18.6 Å². The van der Waals surface area contributed by atoms with E-state index in [9.17, 15) is 29.1 Å². The minimum Gasteiger partial charge on any atom is -0.480 e. The van der Waals surface area contributed by atoms with E-state index in [1.54, 1.807) is 60.7 Å². The van der Waals surface area contributed by atoms with Gasteiger partial charge in [0.2, 0.25) is 23.6 Å². The molecule has 0 fully saturated rings. The van der Waals surface area contributed by atoms with Crippen molar-refractivity contribution in [3.8, 4) is 0 Å². The van der Waals surface area contributed by atoms with Gasteiger partial charge in [-0.25, -0.2) is 4.79 Å². The Morgan fingerprint density at radius 3 is 1.62 bits per heavy atom. The van der Waals surface area contributed by atoms with Crippen molar-refractivity contribution in [2.45, 2.75) is 43.4 Å². The molecule has 0 radical (unpaired) electrons. The number of amides is 4. The fraction of sp³-hybridized carbons (Fsp3) is 0.320. The number of carbonyl (C=O) groups is 5. The number of carboxylic acid groups (broad SMARTS) is 1. The van der Waals surface area contributed by atoms with Crippen molar-refractivity contribution in [1.29, 1.82) is 0 Å². The van der Waals surface area contributed by atoms with E-state index >= 15 is 0 Å². The van der Waals surface area contributed by atoms with Crippen LogP contribution in [-0.2, 0) is 36.8 Å². The first-order valence-corrected chi connectivity index (χ1v) is 12.1. The van der Waals surface area contributed by atoms with Gasteiger partial charge < -0.3 is 32.5 Å². The van der Waals surface area contributed by atoms with Gasteiger partial charge in [-0.1, -0.05) is 60.7 Å². The van der Waals surface area contributed by atoms with E-state index in [0.29, 0.717) is 11.1 Å². The molecule has 0 spiro atoms. The number of carbonyl (C=O) groups excluding carboxylic acids is 4. The minimum atomic E-state index is -1.26. The van der Waals surface area contributed by atoms with Crippen LogP contribution in [0.25, 0.3) is 0 Å². The number of hydrogen-bond donors (Lipinski definition) is 7. The lowest BCUT2D eigenvalue weighted by Crippen LogP contribution is -2.58. The average molecular weight is 530 g/mol. The quantitative estimate of drug-likeness (QED) is 0.155. The first kappa shape index (κ1) is 29.3. The summed E-state index contributed by atoms with van der Waals surface area (Å²) in [5.41, 5.74) is 12.1. The van der Waals surface area contributed by atoms with Crippen LogP contribution in [-0.4, -0.2) is 64.6 Å². The van der Waals surface area contributed by atoms with E-state index in [0.717, 1.165) is 0 Å². The third-order valence-corrected chi connectivity index (χ3v) is 5.75. The monoisotopic (exact) mass is 529 g/mol. The summed E-state index contributed by atoms with van der Waals surface area (Å²) in [6.45, 7) is 0. The normalized spacial score (nSPS) is 13.9. The van der Waals surface area contributed by atoms with Gasteiger partial charge in [0.1, 0.15) is 18.1 Å². The molecule has 0 aromatic heterocycles. The maximum atomic E-state index is 13.2. The van der Waals surface area contributed by atoms with Crippen LogP contribution >= 0.6 is 12.6 Å². The van der Waals surface area contributed by atoms with E-state index in [4.69, 9.17) is 11.5 Å². The van der Waals surface area contributed by atoms with Crippen LogP contribution in [0.3, 0.4) is 0 Å². The van der Waals surface area contributed by atoms with Crippen molar-refractivity contribution in [3.05, 3.63) is 71.8 Å². The van der Waals surface area contributed by atoms with Crippen molar-refractivity contribution >= 4 is 42.2 Å². The van der Waals surface area contributed by atoms with Crippen LogP contribution < -0.4 is 27.4 Å². The molecule has 0 heterocycles. The summed E-state index contributed by atoms with van der Waals surface area (Å²) >= 11 is 4.09. The van der Waals surface area contributed by atoms with Crippen LogP contribution in [0.2, 0.25) is 0 Å². The number of thiol groups is 1.